The molecule has 0 unspecified atom stereocenters. The minimum absolute atomic E-state index is 0. The molecule has 0 spiro atoms. The first-order valence-corrected chi connectivity index (χ1v) is 7.35. The Balaban J connectivity index is 0.00000180. The van der Waals surface area contributed by atoms with Gasteiger partial charge in [-0.2, -0.15) is 4.31 Å². The van der Waals surface area contributed by atoms with Crippen LogP contribution in [0.3, 0.4) is 0 Å². The van der Waals surface area contributed by atoms with Crippen LogP contribution in [0.15, 0.2) is 23.1 Å². The molecule has 1 heterocycles. The Hall–Kier alpha value is -0.690. The highest BCUT2D eigenvalue weighted by atomic mass is 35.5. The van der Waals surface area contributed by atoms with Gasteiger partial charge in [-0.3, -0.25) is 0 Å². The van der Waals surface area contributed by atoms with Crippen LogP contribution in [0.1, 0.15) is 12.5 Å². The van der Waals surface area contributed by atoms with Gasteiger partial charge >= 0.3 is 0 Å². The van der Waals surface area contributed by atoms with E-state index in [-0.39, 0.29) is 23.3 Å². The third-order valence-electron chi connectivity index (χ3n) is 3.16. The zero-order valence-electron chi connectivity index (χ0n) is 10.9. The summed E-state index contributed by atoms with van der Waals surface area (Å²) in [6.45, 7) is 5.20. The molecule has 0 amide bonds. The molecular weight excluding hydrogens is 291 g/mol. The van der Waals surface area contributed by atoms with E-state index in [4.69, 9.17) is 0 Å². The monoisotopic (exact) mass is 308 g/mol. The minimum atomic E-state index is -3.53. The highest BCUT2D eigenvalue weighted by molar-refractivity contribution is 7.89. The molecule has 1 N–H and O–H groups in total. The number of piperazine rings is 1. The maximum Gasteiger partial charge on any atom is 0.243 e. The lowest BCUT2D eigenvalue weighted by Crippen LogP contribution is -2.52. The van der Waals surface area contributed by atoms with Crippen molar-refractivity contribution in [3.05, 3.63) is 29.6 Å². The number of nitrogens with zero attached hydrogens (tertiary/aromatic N) is 1. The zero-order chi connectivity index (χ0) is 13.3. The van der Waals surface area contributed by atoms with Crippen LogP contribution in [0.2, 0.25) is 0 Å². The van der Waals surface area contributed by atoms with Gasteiger partial charge < -0.3 is 5.32 Å². The molecule has 0 aromatic heterocycles. The van der Waals surface area contributed by atoms with Gasteiger partial charge in [-0.05, 0) is 37.6 Å². The largest absolute Gasteiger partial charge is 0.314 e. The lowest BCUT2D eigenvalue weighted by atomic mass is 10.2. The number of benzene rings is 1. The minimum Gasteiger partial charge on any atom is -0.314 e. The first-order valence-electron chi connectivity index (χ1n) is 5.91. The molecule has 0 aliphatic carbocycles. The Morgan fingerprint density at radius 2 is 2.11 bits per heavy atom. The molecule has 2 rings (SSSR count). The third kappa shape index (κ3) is 3.25. The molecule has 7 heteroatoms. The predicted molar refractivity (Wildman–Crippen MR) is 74.6 cm³/mol. The molecule has 19 heavy (non-hydrogen) atoms. The molecule has 1 aliphatic heterocycles. The van der Waals surface area contributed by atoms with E-state index >= 15 is 0 Å². The SMILES string of the molecule is Cc1cc(F)ccc1S(=O)(=O)N1CCNC[C@H]1C.Cl. The van der Waals surface area contributed by atoms with Crippen molar-refractivity contribution >= 4 is 22.4 Å². The van der Waals surface area contributed by atoms with Gasteiger partial charge in [0, 0.05) is 25.7 Å². The van der Waals surface area contributed by atoms with E-state index in [9.17, 15) is 12.8 Å². The fraction of sp³-hybridized carbons (Fsp3) is 0.500. The second-order valence-electron chi connectivity index (χ2n) is 4.58. The predicted octanol–water partition coefficient (Wildman–Crippen LogP) is 1.54. The van der Waals surface area contributed by atoms with Crippen molar-refractivity contribution in [1.29, 1.82) is 0 Å². The van der Waals surface area contributed by atoms with Crippen molar-refractivity contribution in [2.45, 2.75) is 24.8 Å². The number of rotatable bonds is 2. The van der Waals surface area contributed by atoms with E-state index in [1.165, 1.54) is 22.5 Å². The summed E-state index contributed by atoms with van der Waals surface area (Å²) >= 11 is 0. The van der Waals surface area contributed by atoms with Crippen molar-refractivity contribution in [1.82, 2.24) is 9.62 Å². The molecule has 108 valence electrons. The Labute approximate surface area is 119 Å². The van der Waals surface area contributed by atoms with Gasteiger partial charge in [0.25, 0.3) is 0 Å². The fourth-order valence-corrected chi connectivity index (χ4v) is 4.05. The van der Waals surface area contributed by atoms with Crippen LogP contribution in [-0.4, -0.2) is 38.4 Å². The fourth-order valence-electron chi connectivity index (χ4n) is 2.21. The number of aryl methyl sites for hydroxylation is 1. The summed E-state index contributed by atoms with van der Waals surface area (Å²) in [5, 5.41) is 3.15. The van der Waals surface area contributed by atoms with Crippen LogP contribution in [-0.2, 0) is 10.0 Å². The van der Waals surface area contributed by atoms with Gasteiger partial charge in [0.15, 0.2) is 0 Å². The quantitative estimate of drug-likeness (QED) is 0.901. The zero-order valence-corrected chi connectivity index (χ0v) is 12.5. The van der Waals surface area contributed by atoms with Crippen LogP contribution in [0.4, 0.5) is 4.39 Å². The normalized spacial score (nSPS) is 20.9. The van der Waals surface area contributed by atoms with Crippen LogP contribution in [0, 0.1) is 12.7 Å². The van der Waals surface area contributed by atoms with Crippen LogP contribution in [0.25, 0.3) is 0 Å². The molecule has 0 radical (unpaired) electrons. The van der Waals surface area contributed by atoms with E-state index in [2.05, 4.69) is 5.32 Å². The highest BCUT2D eigenvalue weighted by Crippen LogP contribution is 2.23. The molecular formula is C12H18ClFN2O2S. The Morgan fingerprint density at radius 1 is 1.42 bits per heavy atom. The second-order valence-corrected chi connectivity index (χ2v) is 6.44. The number of hydrogen-bond acceptors (Lipinski definition) is 3. The van der Waals surface area contributed by atoms with Gasteiger partial charge in [0.1, 0.15) is 5.82 Å². The third-order valence-corrected chi connectivity index (χ3v) is 5.34. The lowest BCUT2D eigenvalue weighted by molar-refractivity contribution is 0.283. The van der Waals surface area contributed by atoms with E-state index < -0.39 is 15.8 Å². The Bertz CT molecular complexity index is 551. The molecule has 4 nitrogen and oxygen atoms in total. The topological polar surface area (TPSA) is 49.4 Å². The molecule has 1 aliphatic rings. The van der Waals surface area contributed by atoms with E-state index in [0.717, 1.165) is 0 Å². The summed E-state index contributed by atoms with van der Waals surface area (Å²) in [6.07, 6.45) is 0. The smallest absolute Gasteiger partial charge is 0.243 e. The van der Waals surface area contributed by atoms with E-state index in [1.54, 1.807) is 6.92 Å². The molecule has 0 saturated carbocycles. The van der Waals surface area contributed by atoms with Crippen molar-refractivity contribution in [2.75, 3.05) is 19.6 Å². The standard InChI is InChI=1S/C12H17FN2O2S.ClH/c1-9-7-11(13)3-4-12(9)18(16,17)15-6-5-14-8-10(15)2;/h3-4,7,10,14H,5-6,8H2,1-2H3;1H/t10-;/m1./s1. The summed E-state index contributed by atoms with van der Waals surface area (Å²) in [7, 11) is -3.53. The highest BCUT2D eigenvalue weighted by Gasteiger charge is 2.31. The number of nitrogens with one attached hydrogen (secondary N) is 1. The van der Waals surface area contributed by atoms with Crippen LogP contribution >= 0.6 is 12.4 Å². The van der Waals surface area contributed by atoms with Crippen LogP contribution < -0.4 is 5.32 Å². The summed E-state index contributed by atoms with van der Waals surface area (Å²) in [4.78, 5) is 0.192. The number of sulfonamides is 1. The Morgan fingerprint density at radius 3 is 2.68 bits per heavy atom. The molecule has 1 saturated heterocycles. The average Bonchev–Trinajstić information content (AvgIpc) is 2.28. The van der Waals surface area contributed by atoms with Crippen molar-refractivity contribution < 1.29 is 12.8 Å². The second kappa shape index (κ2) is 6.17. The number of hydrogen-bond donors (Lipinski definition) is 1. The van der Waals surface area contributed by atoms with E-state index in [0.29, 0.717) is 25.2 Å². The summed E-state index contributed by atoms with van der Waals surface area (Å²) in [5.74, 6) is -0.417. The van der Waals surface area contributed by atoms with Crippen molar-refractivity contribution in [2.24, 2.45) is 0 Å². The molecule has 1 aromatic rings. The van der Waals surface area contributed by atoms with Crippen molar-refractivity contribution in [3.63, 3.8) is 0 Å². The maximum absolute atomic E-state index is 13.0. The molecule has 1 fully saturated rings. The van der Waals surface area contributed by atoms with Gasteiger partial charge in [-0.25, -0.2) is 12.8 Å². The average molecular weight is 309 g/mol. The van der Waals surface area contributed by atoms with Gasteiger partial charge in [0.2, 0.25) is 10.0 Å². The first-order chi connectivity index (χ1) is 8.43. The first kappa shape index (κ1) is 16.4. The summed E-state index contributed by atoms with van der Waals surface area (Å²) in [6, 6.07) is 3.69. The Kier molecular flexibility index (Phi) is 5.32. The van der Waals surface area contributed by atoms with Crippen LogP contribution in [0.5, 0.6) is 0 Å². The maximum atomic E-state index is 13.0. The number of halogens is 2. The summed E-state index contributed by atoms with van der Waals surface area (Å²) in [5.41, 5.74) is 0.445. The van der Waals surface area contributed by atoms with Gasteiger partial charge in [-0.15, -0.1) is 12.4 Å². The van der Waals surface area contributed by atoms with E-state index in [1.807, 2.05) is 6.92 Å². The summed E-state index contributed by atoms with van der Waals surface area (Å²) < 4.78 is 39.5. The van der Waals surface area contributed by atoms with Gasteiger partial charge in [0.05, 0.1) is 4.90 Å². The molecule has 1 aromatic carbocycles. The van der Waals surface area contributed by atoms with Crippen molar-refractivity contribution in [3.8, 4) is 0 Å². The lowest BCUT2D eigenvalue weighted by Gasteiger charge is -2.33. The molecule has 1 atom stereocenters. The molecule has 0 bridgehead atoms. The van der Waals surface area contributed by atoms with Gasteiger partial charge in [-0.1, -0.05) is 0 Å².